The van der Waals surface area contributed by atoms with Gasteiger partial charge in [0.25, 0.3) is 0 Å². The standard InChI is InChI=1S/C18H27N3O3/c1-3-14-7-4-5-9-16(14)20-18(23)17(22)19-15-8-6-10-21(13-15)11-12-24-2/h4-5,7,9,15H,3,6,8,10-13H2,1-2H3,(H,19,22)(H,20,23)/t15-/m1/s1. The number of carbonyl (C=O) groups excluding carboxylic acids is 2. The number of methoxy groups -OCH3 is 1. The maximum atomic E-state index is 12.2. The Kier molecular flexibility index (Phi) is 7.21. The van der Waals surface area contributed by atoms with Crippen molar-refractivity contribution in [3.8, 4) is 0 Å². The highest BCUT2D eigenvalue weighted by Crippen LogP contribution is 2.15. The zero-order chi connectivity index (χ0) is 17.4. The number of nitrogens with one attached hydrogen (secondary N) is 2. The van der Waals surface area contributed by atoms with Gasteiger partial charge in [-0.2, -0.15) is 0 Å². The van der Waals surface area contributed by atoms with Crippen LogP contribution in [0, 0.1) is 0 Å². The second kappa shape index (κ2) is 9.39. The topological polar surface area (TPSA) is 70.7 Å². The van der Waals surface area contributed by atoms with Crippen LogP contribution in [0.25, 0.3) is 0 Å². The molecule has 1 aromatic carbocycles. The Bertz CT molecular complexity index is 562. The average Bonchev–Trinajstić information content (AvgIpc) is 2.60. The molecule has 1 saturated heterocycles. The van der Waals surface area contributed by atoms with Gasteiger partial charge in [-0.05, 0) is 37.4 Å². The maximum absolute atomic E-state index is 12.2. The molecule has 0 radical (unpaired) electrons. The van der Waals surface area contributed by atoms with Crippen LogP contribution in [0.1, 0.15) is 25.3 Å². The number of nitrogens with zero attached hydrogens (tertiary/aromatic N) is 1. The molecule has 1 aliphatic heterocycles. The van der Waals surface area contributed by atoms with Gasteiger partial charge in [0.2, 0.25) is 0 Å². The van der Waals surface area contributed by atoms with Crippen molar-refractivity contribution in [1.82, 2.24) is 10.2 Å². The fourth-order valence-electron chi connectivity index (χ4n) is 2.98. The number of para-hydroxylation sites is 1. The van der Waals surface area contributed by atoms with Gasteiger partial charge in [0, 0.05) is 31.9 Å². The molecule has 0 bridgehead atoms. The molecule has 0 unspecified atom stereocenters. The summed E-state index contributed by atoms with van der Waals surface area (Å²) < 4.78 is 5.09. The van der Waals surface area contributed by atoms with Crippen molar-refractivity contribution in [2.45, 2.75) is 32.2 Å². The number of amides is 2. The summed E-state index contributed by atoms with van der Waals surface area (Å²) in [6.07, 6.45) is 2.71. The van der Waals surface area contributed by atoms with Crippen molar-refractivity contribution in [3.63, 3.8) is 0 Å². The summed E-state index contributed by atoms with van der Waals surface area (Å²) >= 11 is 0. The number of ether oxygens (including phenoxy) is 1. The van der Waals surface area contributed by atoms with Crippen LogP contribution >= 0.6 is 0 Å². The minimum absolute atomic E-state index is 0.00951. The van der Waals surface area contributed by atoms with Crippen LogP contribution in [0.4, 0.5) is 5.69 Å². The summed E-state index contributed by atoms with van der Waals surface area (Å²) in [7, 11) is 1.68. The van der Waals surface area contributed by atoms with E-state index < -0.39 is 11.8 Å². The second-order valence-electron chi connectivity index (χ2n) is 6.07. The van der Waals surface area contributed by atoms with E-state index in [1.807, 2.05) is 31.2 Å². The van der Waals surface area contributed by atoms with Crippen molar-refractivity contribution in [3.05, 3.63) is 29.8 Å². The first kappa shape index (κ1) is 18.4. The van der Waals surface area contributed by atoms with E-state index in [-0.39, 0.29) is 6.04 Å². The van der Waals surface area contributed by atoms with E-state index >= 15 is 0 Å². The molecule has 2 N–H and O–H groups in total. The van der Waals surface area contributed by atoms with Gasteiger partial charge in [-0.1, -0.05) is 25.1 Å². The minimum Gasteiger partial charge on any atom is -0.383 e. The zero-order valence-corrected chi connectivity index (χ0v) is 14.5. The quantitative estimate of drug-likeness (QED) is 0.773. The highest BCUT2D eigenvalue weighted by Gasteiger charge is 2.24. The van der Waals surface area contributed by atoms with Crippen LogP contribution in [0.3, 0.4) is 0 Å². The largest absolute Gasteiger partial charge is 0.383 e. The Balaban J connectivity index is 1.86. The van der Waals surface area contributed by atoms with Gasteiger partial charge in [-0.3, -0.25) is 14.5 Å². The predicted octanol–water partition coefficient (Wildman–Crippen LogP) is 1.41. The van der Waals surface area contributed by atoms with Gasteiger partial charge in [0.1, 0.15) is 0 Å². The highest BCUT2D eigenvalue weighted by atomic mass is 16.5. The van der Waals surface area contributed by atoms with Crippen molar-refractivity contribution < 1.29 is 14.3 Å². The number of benzene rings is 1. The van der Waals surface area contributed by atoms with E-state index in [1.165, 1.54) is 0 Å². The molecule has 2 rings (SSSR count). The van der Waals surface area contributed by atoms with Gasteiger partial charge in [-0.25, -0.2) is 0 Å². The molecule has 6 heteroatoms. The third kappa shape index (κ3) is 5.32. The molecule has 1 aromatic rings. The van der Waals surface area contributed by atoms with E-state index in [9.17, 15) is 9.59 Å². The van der Waals surface area contributed by atoms with E-state index in [0.29, 0.717) is 12.3 Å². The number of anilines is 1. The number of hydrogen-bond donors (Lipinski definition) is 2. The molecule has 1 heterocycles. The number of piperidine rings is 1. The smallest absolute Gasteiger partial charge is 0.313 e. The second-order valence-corrected chi connectivity index (χ2v) is 6.07. The molecule has 0 spiro atoms. The van der Waals surface area contributed by atoms with E-state index in [4.69, 9.17) is 4.74 Å². The molecule has 1 fully saturated rings. The summed E-state index contributed by atoms with van der Waals surface area (Å²) in [5.41, 5.74) is 1.72. The lowest BCUT2D eigenvalue weighted by Crippen LogP contribution is -2.50. The maximum Gasteiger partial charge on any atom is 0.313 e. The Morgan fingerprint density at radius 2 is 2.08 bits per heavy atom. The van der Waals surface area contributed by atoms with Crippen LogP contribution < -0.4 is 10.6 Å². The van der Waals surface area contributed by atoms with Crippen molar-refractivity contribution >= 4 is 17.5 Å². The highest BCUT2D eigenvalue weighted by molar-refractivity contribution is 6.39. The number of rotatable bonds is 6. The molecular formula is C18H27N3O3. The van der Waals surface area contributed by atoms with Crippen molar-refractivity contribution in [2.24, 2.45) is 0 Å². The summed E-state index contributed by atoms with van der Waals surface area (Å²) in [4.78, 5) is 26.6. The zero-order valence-electron chi connectivity index (χ0n) is 14.5. The summed E-state index contributed by atoms with van der Waals surface area (Å²) in [5, 5.41) is 5.56. The van der Waals surface area contributed by atoms with Gasteiger partial charge in [0.15, 0.2) is 0 Å². The Hall–Kier alpha value is -1.92. The van der Waals surface area contributed by atoms with Crippen molar-refractivity contribution in [2.75, 3.05) is 38.7 Å². The van der Waals surface area contributed by atoms with Gasteiger partial charge in [-0.15, -0.1) is 0 Å². The summed E-state index contributed by atoms with van der Waals surface area (Å²) in [6.45, 7) is 5.30. The lowest BCUT2D eigenvalue weighted by molar-refractivity contribution is -0.136. The molecule has 6 nitrogen and oxygen atoms in total. The first-order valence-corrected chi connectivity index (χ1v) is 8.55. The number of likely N-dealkylation sites (tertiary alicyclic amines) is 1. The Morgan fingerprint density at radius 3 is 2.83 bits per heavy atom. The lowest BCUT2D eigenvalue weighted by Gasteiger charge is -2.32. The monoisotopic (exact) mass is 333 g/mol. The van der Waals surface area contributed by atoms with Gasteiger partial charge >= 0.3 is 11.8 Å². The summed E-state index contributed by atoms with van der Waals surface area (Å²) in [6, 6.07) is 7.54. The molecular weight excluding hydrogens is 306 g/mol. The number of carbonyl (C=O) groups is 2. The van der Waals surface area contributed by atoms with E-state index in [0.717, 1.165) is 44.5 Å². The normalized spacial score (nSPS) is 18.2. The van der Waals surface area contributed by atoms with Crippen LogP contribution in [0.5, 0.6) is 0 Å². The van der Waals surface area contributed by atoms with E-state index in [1.54, 1.807) is 7.11 Å². The summed E-state index contributed by atoms with van der Waals surface area (Å²) in [5.74, 6) is -1.18. The van der Waals surface area contributed by atoms with Crippen LogP contribution in [-0.2, 0) is 20.7 Å². The van der Waals surface area contributed by atoms with E-state index in [2.05, 4.69) is 15.5 Å². The fraction of sp³-hybridized carbons (Fsp3) is 0.556. The number of hydrogen-bond acceptors (Lipinski definition) is 4. The molecule has 24 heavy (non-hydrogen) atoms. The predicted molar refractivity (Wildman–Crippen MR) is 93.9 cm³/mol. The molecule has 2 amide bonds. The van der Waals surface area contributed by atoms with Gasteiger partial charge in [0.05, 0.1) is 6.61 Å². The average molecular weight is 333 g/mol. The van der Waals surface area contributed by atoms with Gasteiger partial charge < -0.3 is 15.4 Å². The minimum atomic E-state index is -0.607. The molecule has 0 aromatic heterocycles. The van der Waals surface area contributed by atoms with Crippen LogP contribution in [-0.4, -0.2) is 56.1 Å². The lowest BCUT2D eigenvalue weighted by atomic mass is 10.1. The van der Waals surface area contributed by atoms with Crippen molar-refractivity contribution in [1.29, 1.82) is 0 Å². The fourth-order valence-corrected chi connectivity index (χ4v) is 2.98. The van der Waals surface area contributed by atoms with Crippen LogP contribution in [0.15, 0.2) is 24.3 Å². The Labute approximate surface area is 143 Å². The van der Waals surface area contributed by atoms with Crippen LogP contribution in [0.2, 0.25) is 0 Å². The third-order valence-corrected chi connectivity index (χ3v) is 4.31. The Morgan fingerprint density at radius 1 is 1.29 bits per heavy atom. The molecule has 132 valence electrons. The first-order chi connectivity index (χ1) is 11.6. The molecule has 0 aliphatic carbocycles. The molecule has 1 aliphatic rings. The SMILES string of the molecule is CCc1ccccc1NC(=O)C(=O)N[C@@H]1CCCN(CCOC)C1. The molecule has 1 atom stereocenters. The third-order valence-electron chi connectivity index (χ3n) is 4.31. The first-order valence-electron chi connectivity index (χ1n) is 8.55. The number of aryl methyl sites for hydroxylation is 1. The molecule has 0 saturated carbocycles.